The molecule has 11 nitrogen and oxygen atoms in total. The molecule has 0 saturated carbocycles. The van der Waals surface area contributed by atoms with Crippen LogP contribution in [0.3, 0.4) is 0 Å². The average Bonchev–Trinajstić information content (AvgIpc) is 3.14. The Hall–Kier alpha value is -4.22. The van der Waals surface area contributed by atoms with Gasteiger partial charge in [0.25, 0.3) is 5.91 Å². The fourth-order valence-electron chi connectivity index (χ4n) is 4.83. The Bertz CT molecular complexity index is 1410. The quantitative estimate of drug-likeness (QED) is 0.324. The highest BCUT2D eigenvalue weighted by Gasteiger charge is 2.24. The number of nitrogens with one attached hydrogen (secondary N) is 1. The maximum absolute atomic E-state index is 11.6. The van der Waals surface area contributed by atoms with Gasteiger partial charge >= 0.3 is 0 Å². The van der Waals surface area contributed by atoms with Crippen molar-refractivity contribution in [1.82, 2.24) is 25.4 Å². The van der Waals surface area contributed by atoms with E-state index >= 15 is 0 Å². The van der Waals surface area contributed by atoms with Gasteiger partial charge in [-0.05, 0) is 25.0 Å². The van der Waals surface area contributed by atoms with Gasteiger partial charge in [-0.15, -0.1) is 0 Å². The van der Waals surface area contributed by atoms with Crippen molar-refractivity contribution in [3.8, 4) is 11.4 Å². The van der Waals surface area contributed by atoms with E-state index in [1.54, 1.807) is 5.48 Å². The third-order valence-electron chi connectivity index (χ3n) is 6.86. The van der Waals surface area contributed by atoms with Crippen molar-refractivity contribution in [3.63, 3.8) is 0 Å². The van der Waals surface area contributed by atoms with Crippen molar-refractivity contribution in [2.75, 3.05) is 49.7 Å². The molecule has 2 aliphatic heterocycles. The number of hydrogen-bond acceptors (Lipinski definition) is 10. The van der Waals surface area contributed by atoms with E-state index in [4.69, 9.17) is 24.9 Å². The highest BCUT2D eigenvalue weighted by molar-refractivity contribution is 6.02. The highest BCUT2D eigenvalue weighted by Crippen LogP contribution is 2.36. The number of anilines is 2. The van der Waals surface area contributed by atoms with E-state index in [1.807, 2.05) is 11.9 Å². The molecular formula is C29H34N8O3. The topological polar surface area (TPSA) is 129 Å². The number of carbonyl (C=O) groups is 1. The Labute approximate surface area is 233 Å². The molecule has 0 unspecified atom stereocenters. The lowest BCUT2D eigenvalue weighted by Gasteiger charge is -2.29. The van der Waals surface area contributed by atoms with Gasteiger partial charge in [-0.3, -0.25) is 10.0 Å². The zero-order chi connectivity index (χ0) is 28.1. The van der Waals surface area contributed by atoms with Crippen LogP contribution >= 0.6 is 0 Å². The van der Waals surface area contributed by atoms with Crippen LogP contribution in [0.4, 0.5) is 17.5 Å². The fraction of sp³-hybridized carbons (Fsp3) is 0.379. The molecular weight excluding hydrogens is 508 g/mol. The second kappa shape index (κ2) is 12.3. The SMILES string of the molecule is CCCc1ccc(-c2nc3c(c(N4CCOCC4)n2)N=C(CN(C)c2ncc(C(=O)NO)cn2)C=C(C)C3)cc1. The molecule has 0 spiro atoms. The normalized spacial score (nSPS) is 15.1. The van der Waals surface area contributed by atoms with E-state index < -0.39 is 5.91 Å². The average molecular weight is 543 g/mol. The zero-order valence-corrected chi connectivity index (χ0v) is 23.1. The van der Waals surface area contributed by atoms with Gasteiger partial charge < -0.3 is 14.5 Å². The predicted molar refractivity (Wildman–Crippen MR) is 154 cm³/mol. The molecule has 4 heterocycles. The summed E-state index contributed by atoms with van der Waals surface area (Å²) in [5, 5.41) is 8.84. The summed E-state index contributed by atoms with van der Waals surface area (Å²) in [5.74, 6) is 1.29. The second-order valence-corrected chi connectivity index (χ2v) is 10.1. The number of ether oxygens (including phenoxy) is 1. The summed E-state index contributed by atoms with van der Waals surface area (Å²) in [6, 6.07) is 8.53. The summed E-state index contributed by atoms with van der Waals surface area (Å²) in [6.07, 6.45) is 7.64. The molecule has 40 heavy (non-hydrogen) atoms. The Morgan fingerprint density at radius 1 is 1.12 bits per heavy atom. The van der Waals surface area contributed by atoms with Crippen LogP contribution in [0.5, 0.6) is 0 Å². The number of aliphatic imine (C=N–C) groups is 1. The minimum Gasteiger partial charge on any atom is -0.378 e. The van der Waals surface area contributed by atoms with E-state index in [0.29, 0.717) is 38.0 Å². The maximum Gasteiger partial charge on any atom is 0.277 e. The monoisotopic (exact) mass is 542 g/mol. The number of morpholine rings is 1. The Kier molecular flexibility index (Phi) is 8.42. The third-order valence-corrected chi connectivity index (χ3v) is 6.86. The van der Waals surface area contributed by atoms with Crippen LogP contribution in [0.2, 0.25) is 0 Å². The molecule has 2 N–H and O–H groups in total. The molecule has 1 amide bonds. The summed E-state index contributed by atoms with van der Waals surface area (Å²) in [5.41, 5.74) is 7.69. The van der Waals surface area contributed by atoms with E-state index in [-0.39, 0.29) is 5.56 Å². The molecule has 2 aliphatic rings. The number of benzene rings is 1. The lowest BCUT2D eigenvalue weighted by molar-refractivity contribution is 0.0705. The molecule has 0 atom stereocenters. The Balaban J connectivity index is 1.50. The van der Waals surface area contributed by atoms with Crippen molar-refractivity contribution >= 4 is 29.1 Å². The number of carbonyl (C=O) groups excluding carboxylic acids is 1. The minimum absolute atomic E-state index is 0.166. The van der Waals surface area contributed by atoms with Gasteiger partial charge in [-0.25, -0.2) is 30.4 Å². The number of fused-ring (bicyclic) bond motifs is 1. The number of hydroxylamine groups is 1. The molecule has 1 fully saturated rings. The fourth-order valence-corrected chi connectivity index (χ4v) is 4.83. The number of nitrogens with zero attached hydrogens (tertiary/aromatic N) is 7. The smallest absolute Gasteiger partial charge is 0.277 e. The van der Waals surface area contributed by atoms with Crippen LogP contribution in [-0.2, 0) is 17.6 Å². The first kappa shape index (κ1) is 27.4. The van der Waals surface area contributed by atoms with Crippen LogP contribution in [0.1, 0.15) is 41.9 Å². The van der Waals surface area contributed by atoms with Crippen molar-refractivity contribution in [2.45, 2.75) is 33.1 Å². The van der Waals surface area contributed by atoms with Crippen LogP contribution in [0.15, 0.2) is 53.3 Å². The van der Waals surface area contributed by atoms with E-state index in [1.165, 1.54) is 18.0 Å². The van der Waals surface area contributed by atoms with Crippen molar-refractivity contribution in [2.24, 2.45) is 4.99 Å². The van der Waals surface area contributed by atoms with Crippen LogP contribution in [0.25, 0.3) is 11.4 Å². The van der Waals surface area contributed by atoms with Crippen molar-refractivity contribution in [1.29, 1.82) is 0 Å². The minimum atomic E-state index is -0.663. The maximum atomic E-state index is 11.6. The second-order valence-electron chi connectivity index (χ2n) is 10.1. The van der Waals surface area contributed by atoms with Gasteiger partial charge in [-0.2, -0.15) is 0 Å². The molecule has 5 rings (SSSR count). The van der Waals surface area contributed by atoms with Crippen molar-refractivity contribution < 1.29 is 14.7 Å². The molecule has 0 aliphatic carbocycles. The number of aromatic nitrogens is 4. The standard InChI is InChI=1S/C29H34N8O3/c1-4-5-20-6-8-21(9-7-20)26-33-24-15-19(2)14-23(32-25(24)27(34-26)37-10-12-40-13-11-37)18-36(3)29-30-16-22(17-31-29)28(38)35-39/h6-9,14,16-17,39H,4-5,10-13,15,18H2,1-3H3,(H,35,38). The number of aryl methyl sites for hydroxylation is 1. The Morgan fingerprint density at radius 2 is 1.85 bits per heavy atom. The number of rotatable bonds is 8. The lowest BCUT2D eigenvalue weighted by atomic mass is 10.1. The summed E-state index contributed by atoms with van der Waals surface area (Å²) in [7, 11) is 1.86. The van der Waals surface area contributed by atoms with Gasteiger partial charge in [0, 0.05) is 44.5 Å². The summed E-state index contributed by atoms with van der Waals surface area (Å²) < 4.78 is 5.62. The largest absolute Gasteiger partial charge is 0.378 e. The molecule has 0 bridgehead atoms. The van der Waals surface area contributed by atoms with Crippen LogP contribution in [-0.4, -0.2) is 76.7 Å². The molecule has 208 valence electrons. The number of hydrogen-bond donors (Lipinski definition) is 2. The lowest BCUT2D eigenvalue weighted by Crippen LogP contribution is -2.37. The number of amides is 1. The predicted octanol–water partition coefficient (Wildman–Crippen LogP) is 3.55. The van der Waals surface area contributed by atoms with Gasteiger partial charge in [0.1, 0.15) is 5.69 Å². The molecule has 3 aromatic rings. The third kappa shape index (κ3) is 6.16. The van der Waals surface area contributed by atoms with Crippen LogP contribution < -0.4 is 15.3 Å². The molecule has 1 saturated heterocycles. The number of allylic oxidation sites excluding steroid dienone is 1. The molecule has 1 aromatic carbocycles. The first-order valence-corrected chi connectivity index (χ1v) is 13.5. The van der Waals surface area contributed by atoms with Crippen molar-refractivity contribution in [3.05, 3.63) is 65.1 Å². The molecule has 0 radical (unpaired) electrons. The first-order valence-electron chi connectivity index (χ1n) is 13.5. The zero-order valence-electron chi connectivity index (χ0n) is 23.1. The van der Waals surface area contributed by atoms with E-state index in [9.17, 15) is 4.79 Å². The van der Waals surface area contributed by atoms with Gasteiger partial charge in [0.05, 0.1) is 36.7 Å². The Morgan fingerprint density at radius 3 is 2.52 bits per heavy atom. The molecule has 11 heteroatoms. The van der Waals surface area contributed by atoms with Gasteiger partial charge in [0.15, 0.2) is 11.6 Å². The van der Waals surface area contributed by atoms with Gasteiger partial charge in [0.2, 0.25) is 5.95 Å². The molecule has 2 aromatic heterocycles. The van der Waals surface area contributed by atoms with E-state index in [0.717, 1.165) is 60.0 Å². The first-order chi connectivity index (χ1) is 19.4. The summed E-state index contributed by atoms with van der Waals surface area (Å²) in [6.45, 7) is 7.44. The van der Waals surface area contributed by atoms with Gasteiger partial charge in [-0.1, -0.05) is 43.2 Å². The summed E-state index contributed by atoms with van der Waals surface area (Å²) in [4.78, 5) is 39.4. The summed E-state index contributed by atoms with van der Waals surface area (Å²) >= 11 is 0. The van der Waals surface area contributed by atoms with Crippen LogP contribution in [0, 0.1) is 0 Å². The van der Waals surface area contributed by atoms with E-state index in [2.05, 4.69) is 59.1 Å². The highest BCUT2D eigenvalue weighted by atomic mass is 16.5.